The molecule has 0 saturated heterocycles. The molecule has 4 aromatic carbocycles. The van der Waals surface area contributed by atoms with E-state index in [0.29, 0.717) is 35.6 Å². The summed E-state index contributed by atoms with van der Waals surface area (Å²) in [6.07, 6.45) is 2.22. The fraction of sp³-hybridized carbons (Fsp3) is 0.194. The molecule has 226 valence electrons. The number of rotatable bonds is 12. The first-order valence-electron chi connectivity index (χ1n) is 14.5. The average molecular weight is 608 g/mol. The predicted molar refractivity (Wildman–Crippen MR) is 179 cm³/mol. The first kappa shape index (κ1) is 32.1. The fourth-order valence-corrected chi connectivity index (χ4v) is 5.55. The van der Waals surface area contributed by atoms with Crippen molar-refractivity contribution in [2.24, 2.45) is 0 Å². The molecule has 0 spiro atoms. The molecule has 0 aromatic heterocycles. The highest BCUT2D eigenvalue weighted by atomic mass is 32.2. The molecule has 8 heteroatoms. The van der Waals surface area contributed by atoms with Crippen LogP contribution < -0.4 is 20.7 Å². The monoisotopic (exact) mass is 607 g/mol. The van der Waals surface area contributed by atoms with Crippen molar-refractivity contribution < 1.29 is 19.1 Å². The normalized spacial score (nSPS) is 11.8. The third-order valence-electron chi connectivity index (χ3n) is 6.81. The molecule has 1 atom stereocenters. The molecule has 0 radical (unpaired) electrons. The average Bonchev–Trinajstić information content (AvgIpc) is 3.03. The SMILES string of the molecule is CCOc1ccccc1/C=C(/NC(=O)c1ccccc1)C(=O)Nc1cccc(SC(CC)C(=O)Nc2c(C)cccc2C)c1. The lowest BCUT2D eigenvalue weighted by Gasteiger charge is -2.18. The van der Waals surface area contributed by atoms with Crippen LogP contribution in [0.1, 0.15) is 47.3 Å². The second-order valence-electron chi connectivity index (χ2n) is 10.1. The Balaban J connectivity index is 1.54. The maximum Gasteiger partial charge on any atom is 0.272 e. The lowest BCUT2D eigenvalue weighted by atomic mass is 10.1. The van der Waals surface area contributed by atoms with Crippen molar-refractivity contribution >= 4 is 46.9 Å². The molecule has 4 aromatic rings. The zero-order valence-corrected chi connectivity index (χ0v) is 26.2. The lowest BCUT2D eigenvalue weighted by molar-refractivity contribution is -0.116. The van der Waals surface area contributed by atoms with Gasteiger partial charge in [0.15, 0.2) is 0 Å². The van der Waals surface area contributed by atoms with Crippen LogP contribution >= 0.6 is 11.8 Å². The molecule has 1 unspecified atom stereocenters. The van der Waals surface area contributed by atoms with Gasteiger partial charge in [0, 0.05) is 27.4 Å². The van der Waals surface area contributed by atoms with Gasteiger partial charge in [0.1, 0.15) is 11.4 Å². The summed E-state index contributed by atoms with van der Waals surface area (Å²) >= 11 is 1.43. The zero-order valence-electron chi connectivity index (χ0n) is 25.3. The van der Waals surface area contributed by atoms with E-state index in [1.807, 2.05) is 94.4 Å². The van der Waals surface area contributed by atoms with Crippen molar-refractivity contribution in [2.45, 2.75) is 44.3 Å². The molecule has 0 aliphatic carbocycles. The molecule has 0 aliphatic rings. The second kappa shape index (κ2) is 15.6. The predicted octanol–water partition coefficient (Wildman–Crippen LogP) is 7.62. The first-order valence-corrected chi connectivity index (χ1v) is 15.4. The molecule has 3 amide bonds. The van der Waals surface area contributed by atoms with Gasteiger partial charge < -0.3 is 20.7 Å². The maximum atomic E-state index is 13.6. The second-order valence-corrected chi connectivity index (χ2v) is 11.4. The number of carbonyl (C=O) groups is 3. The van der Waals surface area contributed by atoms with Crippen LogP contribution in [0.3, 0.4) is 0 Å². The van der Waals surface area contributed by atoms with E-state index >= 15 is 0 Å². The number of amides is 3. The van der Waals surface area contributed by atoms with E-state index in [0.717, 1.165) is 21.7 Å². The number of carbonyl (C=O) groups excluding carboxylic acids is 3. The number of anilines is 2. The summed E-state index contributed by atoms with van der Waals surface area (Å²) in [7, 11) is 0. The van der Waals surface area contributed by atoms with Gasteiger partial charge in [-0.05, 0) is 80.8 Å². The summed E-state index contributed by atoms with van der Waals surface area (Å²) < 4.78 is 5.73. The number of para-hydroxylation sites is 2. The standard InChI is InChI=1S/C36H37N3O4S/c1-5-32(36(42)39-33-24(3)14-12-15-25(33)4)44-29-20-13-19-28(23-29)37-35(41)30(38-34(40)26-16-8-7-9-17-26)22-27-18-10-11-21-31(27)43-6-2/h7-23,32H,5-6H2,1-4H3,(H,37,41)(H,38,40)(H,39,42)/b30-22+. The Hall–Kier alpha value is -4.82. The lowest BCUT2D eigenvalue weighted by Crippen LogP contribution is -2.30. The molecule has 44 heavy (non-hydrogen) atoms. The number of thioether (sulfide) groups is 1. The number of aryl methyl sites for hydroxylation is 2. The Kier molecular flexibility index (Phi) is 11.4. The molecule has 0 fully saturated rings. The van der Waals surface area contributed by atoms with Gasteiger partial charge in [-0.15, -0.1) is 11.8 Å². The summed E-state index contributed by atoms with van der Waals surface area (Å²) in [4.78, 5) is 40.7. The Bertz CT molecular complexity index is 1630. The van der Waals surface area contributed by atoms with E-state index < -0.39 is 11.8 Å². The number of hydrogen-bond acceptors (Lipinski definition) is 5. The van der Waals surface area contributed by atoms with Crippen molar-refractivity contribution in [2.75, 3.05) is 17.2 Å². The van der Waals surface area contributed by atoms with Gasteiger partial charge in [0.2, 0.25) is 5.91 Å². The summed E-state index contributed by atoms with van der Waals surface area (Å²) in [6, 6.07) is 29.3. The zero-order chi connectivity index (χ0) is 31.5. The minimum absolute atomic E-state index is 0.0588. The number of ether oxygens (including phenoxy) is 1. The van der Waals surface area contributed by atoms with Crippen molar-refractivity contribution in [3.05, 3.63) is 125 Å². The first-order chi connectivity index (χ1) is 21.3. The third-order valence-corrected chi connectivity index (χ3v) is 8.17. The van der Waals surface area contributed by atoms with Crippen LogP contribution in [0, 0.1) is 13.8 Å². The molecule has 0 bridgehead atoms. The molecule has 7 nitrogen and oxygen atoms in total. The van der Waals surface area contributed by atoms with E-state index in [1.54, 1.807) is 36.4 Å². The smallest absolute Gasteiger partial charge is 0.272 e. The summed E-state index contributed by atoms with van der Waals surface area (Å²) in [5, 5.41) is 8.44. The molecular weight excluding hydrogens is 570 g/mol. The maximum absolute atomic E-state index is 13.6. The van der Waals surface area contributed by atoms with E-state index in [-0.39, 0.29) is 16.9 Å². The Morgan fingerprint density at radius 1 is 0.818 bits per heavy atom. The van der Waals surface area contributed by atoms with E-state index in [9.17, 15) is 14.4 Å². The minimum Gasteiger partial charge on any atom is -0.493 e. The van der Waals surface area contributed by atoms with E-state index in [1.165, 1.54) is 11.8 Å². The van der Waals surface area contributed by atoms with Crippen molar-refractivity contribution in [1.82, 2.24) is 5.32 Å². The van der Waals surface area contributed by atoms with E-state index in [4.69, 9.17) is 4.74 Å². The van der Waals surface area contributed by atoms with Gasteiger partial charge in [-0.25, -0.2) is 0 Å². The van der Waals surface area contributed by atoms with Crippen LogP contribution in [0.2, 0.25) is 0 Å². The molecular formula is C36H37N3O4S. The summed E-state index contributed by atoms with van der Waals surface area (Å²) in [6.45, 7) is 8.26. The van der Waals surface area contributed by atoms with Crippen LogP contribution in [0.25, 0.3) is 6.08 Å². The molecule has 4 rings (SSSR count). The third kappa shape index (κ3) is 8.61. The van der Waals surface area contributed by atoms with E-state index in [2.05, 4.69) is 16.0 Å². The molecule has 3 N–H and O–H groups in total. The Morgan fingerprint density at radius 3 is 2.20 bits per heavy atom. The Morgan fingerprint density at radius 2 is 1.50 bits per heavy atom. The van der Waals surface area contributed by atoms with Gasteiger partial charge in [-0.2, -0.15) is 0 Å². The van der Waals surface area contributed by atoms with Crippen LogP contribution in [0.5, 0.6) is 5.75 Å². The minimum atomic E-state index is -0.498. The van der Waals surface area contributed by atoms with Crippen molar-refractivity contribution in [1.29, 1.82) is 0 Å². The van der Waals surface area contributed by atoms with Crippen LogP contribution in [-0.4, -0.2) is 29.6 Å². The molecule has 0 heterocycles. The number of nitrogens with one attached hydrogen (secondary N) is 3. The Labute approximate surface area is 263 Å². The van der Waals surface area contributed by atoms with Gasteiger partial charge >= 0.3 is 0 Å². The van der Waals surface area contributed by atoms with Crippen LogP contribution in [0.15, 0.2) is 108 Å². The summed E-state index contributed by atoms with van der Waals surface area (Å²) in [5.41, 5.74) is 4.52. The molecule has 0 saturated carbocycles. The van der Waals surface area contributed by atoms with Gasteiger partial charge in [0.25, 0.3) is 11.8 Å². The number of benzene rings is 4. The molecule has 0 aliphatic heterocycles. The quantitative estimate of drug-likeness (QED) is 0.114. The van der Waals surface area contributed by atoms with Gasteiger partial charge in [0.05, 0.1) is 11.9 Å². The van der Waals surface area contributed by atoms with Crippen LogP contribution in [0.4, 0.5) is 11.4 Å². The highest BCUT2D eigenvalue weighted by molar-refractivity contribution is 8.00. The fourth-order valence-electron chi connectivity index (χ4n) is 4.53. The van der Waals surface area contributed by atoms with Crippen molar-refractivity contribution in [3.63, 3.8) is 0 Å². The van der Waals surface area contributed by atoms with Gasteiger partial charge in [-0.1, -0.05) is 67.6 Å². The van der Waals surface area contributed by atoms with Crippen LogP contribution in [-0.2, 0) is 9.59 Å². The topological polar surface area (TPSA) is 96.5 Å². The van der Waals surface area contributed by atoms with Gasteiger partial charge in [-0.3, -0.25) is 14.4 Å². The highest BCUT2D eigenvalue weighted by Gasteiger charge is 2.21. The summed E-state index contributed by atoms with van der Waals surface area (Å²) in [5.74, 6) is -0.392. The highest BCUT2D eigenvalue weighted by Crippen LogP contribution is 2.30. The number of hydrogen-bond donors (Lipinski definition) is 3. The van der Waals surface area contributed by atoms with Crippen molar-refractivity contribution in [3.8, 4) is 5.75 Å². The largest absolute Gasteiger partial charge is 0.493 e.